The summed E-state index contributed by atoms with van der Waals surface area (Å²) < 4.78 is 5.03. The van der Waals surface area contributed by atoms with Crippen LogP contribution in [0.25, 0.3) is 0 Å². The molecule has 1 N–H and O–H groups in total. The monoisotopic (exact) mass is 194 g/mol. The van der Waals surface area contributed by atoms with Gasteiger partial charge in [0.2, 0.25) is 0 Å². The average Bonchev–Trinajstić information content (AvgIpc) is 2.18. The van der Waals surface area contributed by atoms with Gasteiger partial charge in [0.15, 0.2) is 0 Å². The molecule has 0 amide bonds. The summed E-state index contributed by atoms with van der Waals surface area (Å²) in [5, 5.41) is 3.42. The van der Waals surface area contributed by atoms with Crippen molar-refractivity contribution in [2.45, 2.75) is 26.3 Å². The SMILES string of the molecule is COCCC(C)Nc1ccncc1C. The zero-order valence-electron chi connectivity index (χ0n) is 9.08. The minimum atomic E-state index is 0.427. The van der Waals surface area contributed by atoms with Crippen molar-refractivity contribution in [3.8, 4) is 0 Å². The van der Waals surface area contributed by atoms with Crippen LogP contribution in [0.1, 0.15) is 18.9 Å². The highest BCUT2D eigenvalue weighted by Gasteiger charge is 2.03. The molecular weight excluding hydrogens is 176 g/mol. The number of pyridine rings is 1. The van der Waals surface area contributed by atoms with Gasteiger partial charge >= 0.3 is 0 Å². The summed E-state index contributed by atoms with van der Waals surface area (Å²) in [7, 11) is 1.73. The molecule has 0 bridgehead atoms. The highest BCUT2D eigenvalue weighted by Crippen LogP contribution is 2.13. The fourth-order valence-electron chi connectivity index (χ4n) is 1.27. The zero-order valence-corrected chi connectivity index (χ0v) is 9.08. The highest BCUT2D eigenvalue weighted by atomic mass is 16.5. The summed E-state index contributed by atoms with van der Waals surface area (Å²) in [6.07, 6.45) is 4.68. The third kappa shape index (κ3) is 3.34. The van der Waals surface area contributed by atoms with E-state index < -0.39 is 0 Å². The normalized spacial score (nSPS) is 12.5. The average molecular weight is 194 g/mol. The Balaban J connectivity index is 2.47. The van der Waals surface area contributed by atoms with Crippen molar-refractivity contribution in [1.29, 1.82) is 0 Å². The molecule has 3 heteroatoms. The molecule has 0 fully saturated rings. The van der Waals surface area contributed by atoms with Crippen LogP contribution in [0.5, 0.6) is 0 Å². The van der Waals surface area contributed by atoms with E-state index in [2.05, 4.69) is 24.1 Å². The Hall–Kier alpha value is -1.09. The second-order valence-electron chi connectivity index (χ2n) is 3.52. The number of hydrogen-bond acceptors (Lipinski definition) is 3. The van der Waals surface area contributed by atoms with Crippen molar-refractivity contribution in [2.75, 3.05) is 19.0 Å². The first kappa shape index (κ1) is 11.0. The number of rotatable bonds is 5. The summed E-state index contributed by atoms with van der Waals surface area (Å²) in [5.74, 6) is 0. The van der Waals surface area contributed by atoms with Gasteiger partial charge in [-0.15, -0.1) is 0 Å². The molecule has 0 saturated carbocycles. The quantitative estimate of drug-likeness (QED) is 0.780. The van der Waals surface area contributed by atoms with E-state index in [0.29, 0.717) is 6.04 Å². The lowest BCUT2D eigenvalue weighted by molar-refractivity contribution is 0.191. The van der Waals surface area contributed by atoms with Gasteiger partial charge in [-0.1, -0.05) is 0 Å². The van der Waals surface area contributed by atoms with E-state index in [1.54, 1.807) is 13.3 Å². The van der Waals surface area contributed by atoms with E-state index in [0.717, 1.165) is 18.7 Å². The van der Waals surface area contributed by atoms with E-state index in [1.807, 2.05) is 12.3 Å². The molecule has 3 nitrogen and oxygen atoms in total. The topological polar surface area (TPSA) is 34.1 Å². The lowest BCUT2D eigenvalue weighted by atomic mass is 10.2. The van der Waals surface area contributed by atoms with Crippen molar-refractivity contribution >= 4 is 5.69 Å². The third-order valence-electron chi connectivity index (χ3n) is 2.18. The van der Waals surface area contributed by atoms with Gasteiger partial charge in [-0.25, -0.2) is 0 Å². The fraction of sp³-hybridized carbons (Fsp3) is 0.545. The molecule has 1 aromatic rings. The van der Waals surface area contributed by atoms with Crippen molar-refractivity contribution in [3.63, 3.8) is 0 Å². The molecule has 0 spiro atoms. The number of ether oxygens (including phenoxy) is 1. The molecule has 1 aromatic heterocycles. The fourth-order valence-corrected chi connectivity index (χ4v) is 1.27. The van der Waals surface area contributed by atoms with Crippen LogP contribution in [0, 0.1) is 6.92 Å². The predicted octanol–water partition coefficient (Wildman–Crippen LogP) is 2.23. The minimum absolute atomic E-state index is 0.427. The van der Waals surface area contributed by atoms with Gasteiger partial charge in [-0.3, -0.25) is 4.98 Å². The van der Waals surface area contributed by atoms with Crippen LogP contribution in [0.3, 0.4) is 0 Å². The Kier molecular flexibility index (Phi) is 4.40. The predicted molar refractivity (Wildman–Crippen MR) is 58.6 cm³/mol. The number of aromatic nitrogens is 1. The van der Waals surface area contributed by atoms with E-state index in [9.17, 15) is 0 Å². The summed E-state index contributed by atoms with van der Waals surface area (Å²) in [6.45, 7) is 5.00. The lowest BCUT2D eigenvalue weighted by Crippen LogP contribution is -2.17. The molecule has 0 aliphatic carbocycles. The maximum absolute atomic E-state index is 5.03. The molecule has 1 heterocycles. The summed E-state index contributed by atoms with van der Waals surface area (Å²) in [4.78, 5) is 4.05. The van der Waals surface area contributed by atoms with Gasteiger partial charge in [-0.05, 0) is 31.9 Å². The standard InChI is InChI=1S/C11H18N2O/c1-9-8-12-6-4-11(9)13-10(2)5-7-14-3/h4,6,8,10H,5,7H2,1-3H3,(H,12,13). The first-order valence-electron chi connectivity index (χ1n) is 4.90. The Bertz CT molecular complexity index is 276. The van der Waals surface area contributed by atoms with Crippen molar-refractivity contribution in [3.05, 3.63) is 24.0 Å². The molecule has 0 aliphatic rings. The first-order valence-corrected chi connectivity index (χ1v) is 4.90. The van der Waals surface area contributed by atoms with E-state index >= 15 is 0 Å². The number of nitrogens with one attached hydrogen (secondary N) is 1. The Morgan fingerprint density at radius 3 is 3.00 bits per heavy atom. The van der Waals surface area contributed by atoms with E-state index in [-0.39, 0.29) is 0 Å². The van der Waals surface area contributed by atoms with Crippen LogP contribution in [0.15, 0.2) is 18.5 Å². The third-order valence-corrected chi connectivity index (χ3v) is 2.18. The second-order valence-corrected chi connectivity index (χ2v) is 3.52. The Morgan fingerprint density at radius 2 is 2.36 bits per heavy atom. The van der Waals surface area contributed by atoms with Crippen molar-refractivity contribution in [2.24, 2.45) is 0 Å². The molecule has 14 heavy (non-hydrogen) atoms. The largest absolute Gasteiger partial charge is 0.385 e. The highest BCUT2D eigenvalue weighted by molar-refractivity contribution is 5.49. The molecule has 1 atom stereocenters. The summed E-state index contributed by atoms with van der Waals surface area (Å²) in [6, 6.07) is 2.43. The lowest BCUT2D eigenvalue weighted by Gasteiger charge is -2.16. The zero-order chi connectivity index (χ0) is 10.4. The first-order chi connectivity index (χ1) is 6.74. The van der Waals surface area contributed by atoms with Crippen molar-refractivity contribution < 1.29 is 4.74 Å². The van der Waals surface area contributed by atoms with Gasteiger partial charge in [0.25, 0.3) is 0 Å². The van der Waals surface area contributed by atoms with Crippen LogP contribution < -0.4 is 5.32 Å². The number of nitrogens with zero attached hydrogens (tertiary/aromatic N) is 1. The molecule has 0 radical (unpaired) electrons. The number of methoxy groups -OCH3 is 1. The maximum Gasteiger partial charge on any atom is 0.0481 e. The number of anilines is 1. The Morgan fingerprint density at radius 1 is 1.57 bits per heavy atom. The molecule has 0 saturated heterocycles. The van der Waals surface area contributed by atoms with Crippen LogP contribution in [0.4, 0.5) is 5.69 Å². The summed E-state index contributed by atoms with van der Waals surface area (Å²) in [5.41, 5.74) is 2.33. The van der Waals surface area contributed by atoms with Gasteiger partial charge in [-0.2, -0.15) is 0 Å². The summed E-state index contributed by atoms with van der Waals surface area (Å²) >= 11 is 0. The smallest absolute Gasteiger partial charge is 0.0481 e. The number of hydrogen-bond donors (Lipinski definition) is 1. The van der Waals surface area contributed by atoms with Crippen LogP contribution in [-0.4, -0.2) is 24.7 Å². The molecule has 78 valence electrons. The maximum atomic E-state index is 5.03. The molecule has 0 aromatic carbocycles. The van der Waals surface area contributed by atoms with Crippen LogP contribution in [-0.2, 0) is 4.74 Å². The molecule has 1 unspecified atom stereocenters. The molecule has 0 aliphatic heterocycles. The second kappa shape index (κ2) is 5.60. The Labute approximate surface area is 85.5 Å². The van der Waals surface area contributed by atoms with Crippen molar-refractivity contribution in [1.82, 2.24) is 4.98 Å². The van der Waals surface area contributed by atoms with Gasteiger partial charge < -0.3 is 10.1 Å². The van der Waals surface area contributed by atoms with Gasteiger partial charge in [0, 0.05) is 37.8 Å². The van der Waals surface area contributed by atoms with Gasteiger partial charge in [0.05, 0.1) is 0 Å². The molecule has 1 rings (SSSR count). The minimum Gasteiger partial charge on any atom is -0.385 e. The van der Waals surface area contributed by atoms with Gasteiger partial charge in [0.1, 0.15) is 0 Å². The van der Waals surface area contributed by atoms with E-state index in [1.165, 1.54) is 5.56 Å². The van der Waals surface area contributed by atoms with Crippen LogP contribution >= 0.6 is 0 Å². The number of aryl methyl sites for hydroxylation is 1. The van der Waals surface area contributed by atoms with E-state index in [4.69, 9.17) is 4.74 Å². The van der Waals surface area contributed by atoms with Crippen LogP contribution in [0.2, 0.25) is 0 Å². The molecular formula is C11H18N2O.